The number of hydrogen-bond donors (Lipinski definition) is 1. The molecule has 5 atom stereocenters. The summed E-state index contributed by atoms with van der Waals surface area (Å²) in [5.74, 6) is 1.31. The summed E-state index contributed by atoms with van der Waals surface area (Å²) in [6.45, 7) is 6.36. The zero-order valence-corrected chi connectivity index (χ0v) is 13.4. The van der Waals surface area contributed by atoms with Gasteiger partial charge in [-0.2, -0.15) is 0 Å². The van der Waals surface area contributed by atoms with Crippen LogP contribution in [-0.2, 0) is 4.79 Å². The molecule has 0 bridgehead atoms. The third-order valence-corrected chi connectivity index (χ3v) is 5.30. The maximum atomic E-state index is 11.5. The minimum Gasteiger partial charge on any atom is -0.497 e. The van der Waals surface area contributed by atoms with E-state index in [0.29, 0.717) is 11.8 Å². The van der Waals surface area contributed by atoms with Crippen molar-refractivity contribution in [1.82, 2.24) is 0 Å². The fourth-order valence-corrected chi connectivity index (χ4v) is 4.23. The maximum absolute atomic E-state index is 11.5. The van der Waals surface area contributed by atoms with Crippen LogP contribution >= 0.6 is 0 Å². The van der Waals surface area contributed by atoms with Gasteiger partial charge in [0.05, 0.1) is 13.0 Å². The second-order valence-electron chi connectivity index (χ2n) is 6.39. The molecule has 0 unspecified atom stereocenters. The Bertz CT molecular complexity index is 480. The van der Waals surface area contributed by atoms with Gasteiger partial charge in [-0.1, -0.05) is 39.3 Å². The van der Waals surface area contributed by atoms with Crippen molar-refractivity contribution in [2.45, 2.75) is 39.5 Å². The number of hydrogen-bond acceptors (Lipinski definition) is 2. The van der Waals surface area contributed by atoms with Crippen LogP contribution in [0.1, 0.15) is 45.1 Å². The monoisotopic (exact) mass is 290 g/mol. The van der Waals surface area contributed by atoms with Gasteiger partial charge in [-0.25, -0.2) is 0 Å². The predicted octanol–water partition coefficient (Wildman–Crippen LogP) is 4.18. The Labute approximate surface area is 127 Å². The van der Waals surface area contributed by atoms with E-state index in [-0.39, 0.29) is 17.8 Å². The molecule has 3 heteroatoms. The number of carboxylic acids is 1. The number of rotatable bonds is 4. The lowest BCUT2D eigenvalue weighted by Crippen LogP contribution is -2.40. The second-order valence-corrected chi connectivity index (χ2v) is 6.39. The molecular formula is C18H26O3. The van der Waals surface area contributed by atoms with Gasteiger partial charge in [-0.3, -0.25) is 4.79 Å². The molecule has 0 amide bonds. The molecule has 0 saturated heterocycles. The predicted molar refractivity (Wildman–Crippen MR) is 83.6 cm³/mol. The van der Waals surface area contributed by atoms with Gasteiger partial charge in [0.1, 0.15) is 5.75 Å². The van der Waals surface area contributed by atoms with E-state index in [1.54, 1.807) is 7.11 Å². The molecule has 3 nitrogen and oxygen atoms in total. The number of aliphatic carboxylic acids is 1. The van der Waals surface area contributed by atoms with Gasteiger partial charge in [0.2, 0.25) is 0 Å². The Morgan fingerprint density at radius 1 is 1.29 bits per heavy atom. The van der Waals surface area contributed by atoms with Gasteiger partial charge in [0.25, 0.3) is 0 Å². The van der Waals surface area contributed by atoms with Crippen LogP contribution in [0.25, 0.3) is 0 Å². The van der Waals surface area contributed by atoms with Crippen molar-refractivity contribution in [3.8, 4) is 5.75 Å². The quantitative estimate of drug-likeness (QED) is 0.904. The van der Waals surface area contributed by atoms with E-state index in [2.05, 4.69) is 32.9 Å². The molecule has 21 heavy (non-hydrogen) atoms. The maximum Gasteiger partial charge on any atom is 0.307 e. The lowest BCUT2D eigenvalue weighted by Gasteiger charge is -2.43. The third kappa shape index (κ3) is 3.07. The first kappa shape index (κ1) is 15.9. The van der Waals surface area contributed by atoms with Gasteiger partial charge in [-0.15, -0.1) is 0 Å². The van der Waals surface area contributed by atoms with Crippen molar-refractivity contribution in [3.05, 3.63) is 29.8 Å². The van der Waals surface area contributed by atoms with Crippen LogP contribution < -0.4 is 4.74 Å². The van der Waals surface area contributed by atoms with Crippen LogP contribution in [0.5, 0.6) is 5.75 Å². The molecular weight excluding hydrogens is 264 g/mol. The Morgan fingerprint density at radius 3 is 2.38 bits per heavy atom. The zero-order chi connectivity index (χ0) is 15.6. The van der Waals surface area contributed by atoms with Crippen molar-refractivity contribution in [1.29, 1.82) is 0 Å². The average Bonchev–Trinajstić information content (AvgIpc) is 2.46. The Morgan fingerprint density at radius 2 is 1.90 bits per heavy atom. The van der Waals surface area contributed by atoms with Crippen LogP contribution in [0.3, 0.4) is 0 Å². The van der Waals surface area contributed by atoms with Gasteiger partial charge in [0.15, 0.2) is 0 Å². The fourth-order valence-electron chi connectivity index (χ4n) is 4.23. The van der Waals surface area contributed by atoms with Crippen LogP contribution in [0, 0.1) is 23.7 Å². The highest BCUT2D eigenvalue weighted by molar-refractivity contribution is 5.71. The summed E-state index contributed by atoms with van der Waals surface area (Å²) < 4.78 is 5.22. The van der Waals surface area contributed by atoms with E-state index in [1.165, 1.54) is 5.56 Å². The van der Waals surface area contributed by atoms with Crippen molar-refractivity contribution in [2.75, 3.05) is 7.11 Å². The van der Waals surface area contributed by atoms with E-state index in [0.717, 1.165) is 18.6 Å². The van der Waals surface area contributed by atoms with Gasteiger partial charge in [0, 0.05) is 0 Å². The van der Waals surface area contributed by atoms with Crippen molar-refractivity contribution in [2.24, 2.45) is 23.7 Å². The number of carbonyl (C=O) groups is 1. The summed E-state index contributed by atoms with van der Waals surface area (Å²) in [7, 11) is 1.67. The molecule has 2 rings (SSSR count). The number of carboxylic acid groups (broad SMARTS) is 1. The first-order valence-corrected chi connectivity index (χ1v) is 7.86. The molecule has 0 heterocycles. The Kier molecular flexibility index (Phi) is 4.92. The van der Waals surface area contributed by atoms with Crippen LogP contribution in [0.4, 0.5) is 0 Å². The topological polar surface area (TPSA) is 46.5 Å². The Balaban J connectivity index is 2.28. The molecule has 1 aromatic carbocycles. The summed E-state index contributed by atoms with van der Waals surface area (Å²) in [5, 5.41) is 9.50. The lowest BCUT2D eigenvalue weighted by atomic mass is 9.60. The van der Waals surface area contributed by atoms with Crippen molar-refractivity contribution >= 4 is 5.97 Å². The second kappa shape index (κ2) is 6.50. The molecule has 1 N–H and O–H groups in total. The molecule has 1 saturated carbocycles. The summed E-state index contributed by atoms with van der Waals surface area (Å²) in [4.78, 5) is 11.5. The number of methoxy groups -OCH3 is 1. The molecule has 0 spiro atoms. The zero-order valence-electron chi connectivity index (χ0n) is 13.4. The molecule has 1 aliphatic rings. The fraction of sp³-hybridized carbons (Fsp3) is 0.611. The molecule has 1 fully saturated rings. The van der Waals surface area contributed by atoms with Crippen LogP contribution in [-0.4, -0.2) is 18.2 Å². The first-order valence-electron chi connectivity index (χ1n) is 7.86. The lowest BCUT2D eigenvalue weighted by molar-refractivity contribution is -0.148. The van der Waals surface area contributed by atoms with Crippen LogP contribution in [0.2, 0.25) is 0 Å². The standard InChI is InChI=1S/C18H26O3/c1-5-15-12(3)17(18(19)20)11(2)10-16(15)13-6-8-14(21-4)9-7-13/h6-9,11-12,15-17H,5,10H2,1-4H3,(H,19,20)/t11-,12+,15-,16-,17+/m0/s1. The first-order chi connectivity index (χ1) is 9.99. The SMILES string of the molecule is CC[C@H]1[C@@H](C)[C@H](C(=O)O)[C@@H](C)C[C@H]1c1ccc(OC)cc1. The van der Waals surface area contributed by atoms with E-state index >= 15 is 0 Å². The van der Waals surface area contributed by atoms with Crippen molar-refractivity contribution < 1.29 is 14.6 Å². The molecule has 116 valence electrons. The van der Waals surface area contributed by atoms with E-state index in [4.69, 9.17) is 4.74 Å². The highest BCUT2D eigenvalue weighted by atomic mass is 16.5. The molecule has 0 aromatic heterocycles. The van der Waals surface area contributed by atoms with Gasteiger partial charge >= 0.3 is 5.97 Å². The smallest absolute Gasteiger partial charge is 0.307 e. The number of benzene rings is 1. The molecule has 1 aliphatic carbocycles. The molecule has 0 aliphatic heterocycles. The van der Waals surface area contributed by atoms with Gasteiger partial charge in [-0.05, 0) is 47.8 Å². The summed E-state index contributed by atoms with van der Waals surface area (Å²) in [5.41, 5.74) is 1.31. The van der Waals surface area contributed by atoms with E-state index in [9.17, 15) is 9.90 Å². The van der Waals surface area contributed by atoms with Crippen LogP contribution in [0.15, 0.2) is 24.3 Å². The summed E-state index contributed by atoms with van der Waals surface area (Å²) in [6.07, 6.45) is 1.97. The summed E-state index contributed by atoms with van der Waals surface area (Å²) >= 11 is 0. The highest BCUT2D eigenvalue weighted by Gasteiger charge is 2.43. The number of ether oxygens (including phenoxy) is 1. The molecule has 0 radical (unpaired) electrons. The largest absolute Gasteiger partial charge is 0.497 e. The van der Waals surface area contributed by atoms with Crippen molar-refractivity contribution in [3.63, 3.8) is 0 Å². The highest BCUT2D eigenvalue weighted by Crippen LogP contribution is 2.48. The third-order valence-electron chi connectivity index (χ3n) is 5.30. The van der Waals surface area contributed by atoms with E-state index in [1.807, 2.05) is 12.1 Å². The minimum absolute atomic E-state index is 0.211. The van der Waals surface area contributed by atoms with E-state index < -0.39 is 5.97 Å². The molecule has 1 aromatic rings. The Hall–Kier alpha value is -1.51. The minimum atomic E-state index is -0.637. The normalized spacial score (nSPS) is 32.7. The average molecular weight is 290 g/mol. The van der Waals surface area contributed by atoms with Gasteiger partial charge < -0.3 is 9.84 Å². The summed E-state index contributed by atoms with van der Waals surface area (Å²) in [6, 6.07) is 8.26.